The predicted molar refractivity (Wildman–Crippen MR) is 59.0 cm³/mol. The van der Waals surface area contributed by atoms with Crippen LogP contribution < -0.4 is 5.73 Å². The quantitative estimate of drug-likeness (QED) is 0.649. The molecular weight excluding hydrogens is 162 g/mol. The maximum Gasteiger partial charge on any atom is 0.0516 e. The number of likely N-dealkylation sites (N-methyl/N-ethyl adjacent to an activating group) is 1. The Labute approximate surface area is 81.3 Å². The molecule has 0 saturated carbocycles. The summed E-state index contributed by atoms with van der Waals surface area (Å²) in [5.74, 6) is 0.452. The summed E-state index contributed by atoms with van der Waals surface area (Å²) < 4.78 is 0. The van der Waals surface area contributed by atoms with Crippen LogP contribution in [0.5, 0.6) is 0 Å². The van der Waals surface area contributed by atoms with Crippen LogP contribution in [0.3, 0.4) is 0 Å². The van der Waals surface area contributed by atoms with Crippen molar-refractivity contribution in [2.75, 3.05) is 27.2 Å². The maximum absolute atomic E-state index is 5.45. The molecule has 0 heterocycles. The van der Waals surface area contributed by atoms with Crippen LogP contribution in [0.2, 0.25) is 0 Å². The van der Waals surface area contributed by atoms with Crippen molar-refractivity contribution in [1.82, 2.24) is 4.90 Å². The molecule has 0 unspecified atom stereocenters. The molecule has 0 spiro atoms. The highest BCUT2D eigenvalue weighted by Crippen LogP contribution is 2.04. The molecule has 13 heavy (non-hydrogen) atoms. The smallest absolute Gasteiger partial charge is 0.0516 e. The van der Waals surface area contributed by atoms with E-state index in [1.807, 2.05) is 20.3 Å². The van der Waals surface area contributed by atoms with Gasteiger partial charge in [0.05, 0.1) is 6.54 Å². The van der Waals surface area contributed by atoms with Crippen molar-refractivity contribution in [3.8, 4) is 0 Å². The van der Waals surface area contributed by atoms with E-state index >= 15 is 0 Å². The van der Waals surface area contributed by atoms with Gasteiger partial charge in [-0.05, 0) is 31.8 Å². The van der Waals surface area contributed by atoms with Crippen molar-refractivity contribution in [2.24, 2.45) is 16.6 Å². The van der Waals surface area contributed by atoms with Crippen molar-refractivity contribution in [2.45, 2.75) is 13.8 Å². The summed E-state index contributed by atoms with van der Waals surface area (Å²) in [6.45, 7) is 6.02. The fraction of sp³-hybridized carbons (Fsp3) is 0.700. The molecule has 0 aliphatic rings. The second kappa shape index (κ2) is 6.66. The molecule has 0 amide bonds. The van der Waals surface area contributed by atoms with Gasteiger partial charge in [0.15, 0.2) is 0 Å². The Morgan fingerprint density at radius 3 is 2.46 bits per heavy atom. The highest BCUT2D eigenvalue weighted by molar-refractivity contribution is 5.78. The SMILES string of the molecule is CC(C)/C(C=NCCN(C)C)=C/N. The normalized spacial score (nSPS) is 13.5. The third-order valence-corrected chi connectivity index (χ3v) is 1.78. The highest BCUT2D eigenvalue weighted by Gasteiger charge is 1.97. The lowest BCUT2D eigenvalue weighted by Crippen LogP contribution is -2.15. The first-order chi connectivity index (χ1) is 6.07. The third kappa shape index (κ3) is 6.34. The Morgan fingerprint density at radius 2 is 2.08 bits per heavy atom. The number of nitrogens with zero attached hydrogens (tertiary/aromatic N) is 2. The van der Waals surface area contributed by atoms with E-state index in [2.05, 4.69) is 23.7 Å². The summed E-state index contributed by atoms with van der Waals surface area (Å²) >= 11 is 0. The standard InChI is InChI=1S/C10H21N3/c1-9(2)10(7-11)8-12-5-6-13(3)4/h7-9H,5-6,11H2,1-4H3/b10-7+,12-8?. The molecule has 0 aromatic rings. The monoisotopic (exact) mass is 183 g/mol. The van der Waals surface area contributed by atoms with E-state index in [-0.39, 0.29) is 0 Å². The van der Waals surface area contributed by atoms with Gasteiger partial charge in [0.1, 0.15) is 0 Å². The van der Waals surface area contributed by atoms with Gasteiger partial charge in [0.25, 0.3) is 0 Å². The van der Waals surface area contributed by atoms with E-state index in [1.54, 1.807) is 6.20 Å². The molecule has 0 aromatic carbocycles. The molecule has 0 saturated heterocycles. The topological polar surface area (TPSA) is 41.6 Å². The molecule has 3 nitrogen and oxygen atoms in total. The van der Waals surface area contributed by atoms with E-state index in [0.29, 0.717) is 5.92 Å². The lowest BCUT2D eigenvalue weighted by atomic mass is 10.1. The second-order valence-corrected chi connectivity index (χ2v) is 3.66. The Bertz CT molecular complexity index is 181. The molecule has 0 aliphatic heterocycles. The van der Waals surface area contributed by atoms with Crippen LogP contribution in [0.25, 0.3) is 0 Å². The first-order valence-corrected chi connectivity index (χ1v) is 4.64. The Morgan fingerprint density at radius 1 is 1.46 bits per heavy atom. The van der Waals surface area contributed by atoms with Crippen LogP contribution in [-0.2, 0) is 0 Å². The zero-order valence-electron chi connectivity index (χ0n) is 9.12. The number of allylic oxidation sites excluding steroid dienone is 1. The van der Waals surface area contributed by atoms with Gasteiger partial charge >= 0.3 is 0 Å². The predicted octanol–water partition coefficient (Wildman–Crippen LogP) is 1.12. The number of hydrogen-bond donors (Lipinski definition) is 1. The first-order valence-electron chi connectivity index (χ1n) is 4.64. The van der Waals surface area contributed by atoms with Crippen molar-refractivity contribution in [3.63, 3.8) is 0 Å². The van der Waals surface area contributed by atoms with Gasteiger partial charge in [-0.3, -0.25) is 4.99 Å². The van der Waals surface area contributed by atoms with E-state index in [9.17, 15) is 0 Å². The van der Waals surface area contributed by atoms with Crippen LogP contribution >= 0.6 is 0 Å². The van der Waals surface area contributed by atoms with Gasteiger partial charge in [0.2, 0.25) is 0 Å². The van der Waals surface area contributed by atoms with Crippen molar-refractivity contribution in [1.29, 1.82) is 0 Å². The van der Waals surface area contributed by atoms with E-state index < -0.39 is 0 Å². The lowest BCUT2D eigenvalue weighted by molar-refractivity contribution is 0.421. The van der Waals surface area contributed by atoms with Gasteiger partial charge in [-0.15, -0.1) is 0 Å². The van der Waals surface area contributed by atoms with Gasteiger partial charge in [0, 0.05) is 12.8 Å². The van der Waals surface area contributed by atoms with Gasteiger partial charge < -0.3 is 10.6 Å². The molecule has 0 fully saturated rings. The minimum atomic E-state index is 0.452. The minimum absolute atomic E-state index is 0.452. The van der Waals surface area contributed by atoms with E-state index in [0.717, 1.165) is 18.7 Å². The average molecular weight is 183 g/mol. The minimum Gasteiger partial charge on any atom is -0.404 e. The summed E-state index contributed by atoms with van der Waals surface area (Å²) in [7, 11) is 4.08. The summed E-state index contributed by atoms with van der Waals surface area (Å²) in [5, 5.41) is 0. The van der Waals surface area contributed by atoms with Gasteiger partial charge in [-0.1, -0.05) is 13.8 Å². The third-order valence-electron chi connectivity index (χ3n) is 1.78. The summed E-state index contributed by atoms with van der Waals surface area (Å²) in [6, 6.07) is 0. The van der Waals surface area contributed by atoms with Crippen LogP contribution in [0.4, 0.5) is 0 Å². The fourth-order valence-electron chi connectivity index (χ4n) is 0.812. The van der Waals surface area contributed by atoms with E-state index in [4.69, 9.17) is 5.73 Å². The Balaban J connectivity index is 3.82. The molecule has 0 aromatic heterocycles. The number of hydrogen-bond acceptors (Lipinski definition) is 3. The molecule has 0 rings (SSSR count). The Kier molecular flexibility index (Phi) is 6.24. The number of aliphatic imine (C=N–C) groups is 1. The van der Waals surface area contributed by atoms with Crippen LogP contribution in [0.15, 0.2) is 16.8 Å². The Hall–Kier alpha value is -0.830. The average Bonchev–Trinajstić information content (AvgIpc) is 2.03. The van der Waals surface area contributed by atoms with Gasteiger partial charge in [-0.2, -0.15) is 0 Å². The van der Waals surface area contributed by atoms with Crippen LogP contribution in [-0.4, -0.2) is 38.3 Å². The fourth-order valence-corrected chi connectivity index (χ4v) is 0.812. The number of rotatable bonds is 5. The molecule has 0 radical (unpaired) electrons. The largest absolute Gasteiger partial charge is 0.404 e. The van der Waals surface area contributed by atoms with Crippen LogP contribution in [0, 0.1) is 5.92 Å². The number of nitrogens with two attached hydrogens (primary N) is 1. The van der Waals surface area contributed by atoms with E-state index in [1.165, 1.54) is 0 Å². The molecular formula is C10H21N3. The molecule has 0 atom stereocenters. The molecule has 0 aliphatic carbocycles. The zero-order chi connectivity index (χ0) is 10.3. The van der Waals surface area contributed by atoms with Gasteiger partial charge in [-0.25, -0.2) is 0 Å². The molecule has 2 N–H and O–H groups in total. The molecule has 0 bridgehead atoms. The van der Waals surface area contributed by atoms with Crippen LogP contribution in [0.1, 0.15) is 13.8 Å². The summed E-state index contributed by atoms with van der Waals surface area (Å²) in [4.78, 5) is 6.40. The highest BCUT2D eigenvalue weighted by atomic mass is 15.1. The molecule has 3 heteroatoms. The molecule has 76 valence electrons. The summed E-state index contributed by atoms with van der Waals surface area (Å²) in [6.07, 6.45) is 3.50. The van der Waals surface area contributed by atoms with Crippen molar-refractivity contribution < 1.29 is 0 Å². The maximum atomic E-state index is 5.45. The van der Waals surface area contributed by atoms with Crippen molar-refractivity contribution >= 4 is 6.21 Å². The lowest BCUT2D eigenvalue weighted by Gasteiger charge is -2.07. The summed E-state index contributed by atoms with van der Waals surface area (Å²) in [5.41, 5.74) is 6.55. The zero-order valence-corrected chi connectivity index (χ0v) is 9.12. The first kappa shape index (κ1) is 12.2. The second-order valence-electron chi connectivity index (χ2n) is 3.66. The van der Waals surface area contributed by atoms with Crippen molar-refractivity contribution in [3.05, 3.63) is 11.8 Å².